The van der Waals surface area contributed by atoms with Gasteiger partial charge in [0, 0.05) is 17.7 Å². The molecule has 6 heteroatoms. The van der Waals surface area contributed by atoms with E-state index in [0.29, 0.717) is 11.1 Å². The molecule has 0 spiro atoms. The Balaban J connectivity index is 2.23. The maximum atomic E-state index is 12.4. The Morgan fingerprint density at radius 1 is 1.05 bits per heavy atom. The normalized spacial score (nSPS) is 13.4. The Kier molecular flexibility index (Phi) is 5.25. The SMILES string of the molecule is O=C(c1ccccc1)[C@H](Br)[C@@H](Br)c1cccc([N+](=O)[O-])c1. The zero-order chi connectivity index (χ0) is 15.4. The van der Waals surface area contributed by atoms with E-state index in [2.05, 4.69) is 31.9 Å². The Morgan fingerprint density at radius 3 is 2.33 bits per heavy atom. The van der Waals surface area contributed by atoms with E-state index in [1.807, 2.05) is 6.07 Å². The lowest BCUT2D eigenvalue weighted by Crippen LogP contribution is -2.19. The third-order valence-electron chi connectivity index (χ3n) is 2.97. The van der Waals surface area contributed by atoms with E-state index in [9.17, 15) is 14.9 Å². The van der Waals surface area contributed by atoms with Gasteiger partial charge in [0.1, 0.15) is 0 Å². The maximum absolute atomic E-state index is 12.4. The highest BCUT2D eigenvalue weighted by Gasteiger charge is 2.26. The molecule has 21 heavy (non-hydrogen) atoms. The first-order chi connectivity index (χ1) is 10.0. The largest absolute Gasteiger partial charge is 0.293 e. The summed E-state index contributed by atoms with van der Waals surface area (Å²) in [5.74, 6) is -0.0796. The molecule has 108 valence electrons. The smallest absolute Gasteiger partial charge is 0.269 e. The molecule has 2 aromatic rings. The van der Waals surface area contributed by atoms with Crippen LogP contribution < -0.4 is 0 Å². The van der Waals surface area contributed by atoms with Crippen molar-refractivity contribution < 1.29 is 9.72 Å². The van der Waals surface area contributed by atoms with Crippen LogP contribution in [0, 0.1) is 10.1 Å². The topological polar surface area (TPSA) is 60.2 Å². The van der Waals surface area contributed by atoms with Gasteiger partial charge in [0.2, 0.25) is 0 Å². The summed E-state index contributed by atoms with van der Waals surface area (Å²) in [5, 5.41) is 10.8. The van der Waals surface area contributed by atoms with Crippen molar-refractivity contribution in [2.45, 2.75) is 9.65 Å². The van der Waals surface area contributed by atoms with Crippen LogP contribution in [-0.4, -0.2) is 15.5 Å². The Hall–Kier alpha value is -1.53. The average Bonchev–Trinajstić information content (AvgIpc) is 2.53. The third-order valence-corrected chi connectivity index (χ3v) is 5.68. The highest BCUT2D eigenvalue weighted by molar-refractivity contribution is 9.12. The minimum atomic E-state index is -0.512. The number of carbonyl (C=O) groups is 1. The lowest BCUT2D eigenvalue weighted by Gasteiger charge is -2.16. The minimum Gasteiger partial charge on any atom is -0.293 e. The highest BCUT2D eigenvalue weighted by Crippen LogP contribution is 2.34. The van der Waals surface area contributed by atoms with Crippen molar-refractivity contribution in [3.05, 3.63) is 75.8 Å². The van der Waals surface area contributed by atoms with Crippen LogP contribution in [-0.2, 0) is 0 Å². The molecule has 0 aromatic heterocycles. The van der Waals surface area contributed by atoms with Crippen molar-refractivity contribution in [3.63, 3.8) is 0 Å². The van der Waals surface area contributed by atoms with E-state index in [4.69, 9.17) is 0 Å². The molecule has 0 aliphatic carbocycles. The van der Waals surface area contributed by atoms with Crippen molar-refractivity contribution in [1.29, 1.82) is 0 Å². The number of halogens is 2. The number of nitro benzene ring substituents is 1. The molecule has 2 atom stereocenters. The summed E-state index contributed by atoms with van der Waals surface area (Å²) in [5.41, 5.74) is 1.27. The number of rotatable bonds is 5. The molecule has 2 aromatic carbocycles. The van der Waals surface area contributed by atoms with Crippen LogP contribution in [0.15, 0.2) is 54.6 Å². The molecular formula is C15H11Br2NO3. The third kappa shape index (κ3) is 3.77. The Morgan fingerprint density at radius 2 is 1.71 bits per heavy atom. The molecule has 0 amide bonds. The average molecular weight is 413 g/mol. The van der Waals surface area contributed by atoms with E-state index >= 15 is 0 Å². The molecule has 0 saturated heterocycles. The fourth-order valence-corrected chi connectivity index (χ4v) is 2.97. The molecule has 0 heterocycles. The molecule has 0 bridgehead atoms. The summed E-state index contributed by atoms with van der Waals surface area (Å²) in [6, 6.07) is 15.2. The van der Waals surface area contributed by atoms with Crippen molar-refractivity contribution in [2.24, 2.45) is 0 Å². The van der Waals surface area contributed by atoms with Crippen molar-refractivity contribution in [2.75, 3.05) is 0 Å². The van der Waals surface area contributed by atoms with Crippen LogP contribution >= 0.6 is 31.9 Å². The first kappa shape index (κ1) is 15.9. The van der Waals surface area contributed by atoms with Crippen LogP contribution in [0.5, 0.6) is 0 Å². The van der Waals surface area contributed by atoms with Crippen molar-refractivity contribution >= 4 is 43.3 Å². The van der Waals surface area contributed by atoms with E-state index in [1.165, 1.54) is 12.1 Å². The second-order valence-electron chi connectivity index (χ2n) is 4.39. The number of nitrogens with zero attached hydrogens (tertiary/aromatic N) is 1. The second-order valence-corrected chi connectivity index (χ2v) is 6.36. The summed E-state index contributed by atoms with van der Waals surface area (Å²) in [6.07, 6.45) is 0. The quantitative estimate of drug-likeness (QED) is 0.310. The molecule has 0 saturated carbocycles. The van der Waals surface area contributed by atoms with Gasteiger partial charge >= 0.3 is 0 Å². The van der Waals surface area contributed by atoms with Crippen LogP contribution in [0.4, 0.5) is 5.69 Å². The van der Waals surface area contributed by atoms with Gasteiger partial charge in [0.05, 0.1) is 14.6 Å². The number of hydrogen-bond acceptors (Lipinski definition) is 3. The van der Waals surface area contributed by atoms with Crippen molar-refractivity contribution in [3.8, 4) is 0 Å². The number of benzene rings is 2. The monoisotopic (exact) mass is 411 g/mol. The van der Waals surface area contributed by atoms with Crippen LogP contribution in [0.1, 0.15) is 20.7 Å². The predicted octanol–water partition coefficient (Wildman–Crippen LogP) is 4.68. The van der Waals surface area contributed by atoms with Gasteiger partial charge < -0.3 is 0 Å². The summed E-state index contributed by atoms with van der Waals surface area (Å²) in [6.45, 7) is 0. The van der Waals surface area contributed by atoms with E-state index in [1.54, 1.807) is 36.4 Å². The van der Waals surface area contributed by atoms with Crippen LogP contribution in [0.2, 0.25) is 0 Å². The first-order valence-electron chi connectivity index (χ1n) is 6.12. The minimum absolute atomic E-state index is 0.00353. The first-order valence-corrected chi connectivity index (χ1v) is 7.95. The molecule has 0 aliphatic rings. The summed E-state index contributed by atoms with van der Waals surface area (Å²) < 4.78 is 0. The maximum Gasteiger partial charge on any atom is 0.269 e. The van der Waals surface area contributed by atoms with Gasteiger partial charge in [0.15, 0.2) is 5.78 Å². The lowest BCUT2D eigenvalue weighted by molar-refractivity contribution is -0.384. The molecule has 0 unspecified atom stereocenters. The fraction of sp³-hybridized carbons (Fsp3) is 0.133. The molecule has 0 radical (unpaired) electrons. The van der Waals surface area contributed by atoms with E-state index < -0.39 is 9.75 Å². The van der Waals surface area contributed by atoms with Gasteiger partial charge in [-0.2, -0.15) is 0 Å². The van der Waals surface area contributed by atoms with Gasteiger partial charge in [0.25, 0.3) is 5.69 Å². The number of ketones is 1. The molecule has 0 fully saturated rings. The lowest BCUT2D eigenvalue weighted by atomic mass is 10.0. The Labute approximate surface area is 138 Å². The van der Waals surface area contributed by atoms with Crippen molar-refractivity contribution in [1.82, 2.24) is 0 Å². The fourth-order valence-electron chi connectivity index (χ4n) is 1.87. The summed E-state index contributed by atoms with van der Waals surface area (Å²) in [7, 11) is 0. The number of hydrogen-bond donors (Lipinski definition) is 0. The van der Waals surface area contributed by atoms with E-state index in [-0.39, 0.29) is 16.3 Å². The standard InChI is InChI=1S/C15H11Br2NO3/c16-13(11-7-4-8-12(9-11)18(20)21)14(17)15(19)10-5-2-1-3-6-10/h1-9,13-14H/t13-,14+/m0/s1. The van der Waals surface area contributed by atoms with Gasteiger partial charge in [-0.1, -0.05) is 74.3 Å². The number of nitro groups is 1. The number of alkyl halides is 2. The molecule has 2 rings (SSSR count). The van der Waals surface area contributed by atoms with Gasteiger partial charge in [-0.25, -0.2) is 0 Å². The molecule has 0 aliphatic heterocycles. The zero-order valence-electron chi connectivity index (χ0n) is 10.8. The molecule has 0 N–H and O–H groups in total. The molecular weight excluding hydrogens is 402 g/mol. The second kappa shape index (κ2) is 6.95. The van der Waals surface area contributed by atoms with Crippen LogP contribution in [0.25, 0.3) is 0 Å². The van der Waals surface area contributed by atoms with Gasteiger partial charge in [-0.3, -0.25) is 14.9 Å². The number of carbonyl (C=O) groups excluding carboxylic acids is 1. The highest BCUT2D eigenvalue weighted by atomic mass is 79.9. The Bertz CT molecular complexity index is 661. The number of Topliss-reactive ketones (excluding diaryl/α,β-unsaturated/α-hetero) is 1. The summed E-state index contributed by atoms with van der Waals surface area (Å²) in [4.78, 5) is 21.9. The van der Waals surface area contributed by atoms with E-state index in [0.717, 1.165) is 0 Å². The number of non-ortho nitro benzene ring substituents is 1. The van der Waals surface area contributed by atoms with Crippen LogP contribution in [0.3, 0.4) is 0 Å². The van der Waals surface area contributed by atoms with Gasteiger partial charge in [-0.05, 0) is 5.56 Å². The predicted molar refractivity (Wildman–Crippen MR) is 88.3 cm³/mol. The summed E-state index contributed by atoms with van der Waals surface area (Å²) >= 11 is 6.82. The zero-order valence-corrected chi connectivity index (χ0v) is 14.0. The van der Waals surface area contributed by atoms with Gasteiger partial charge in [-0.15, -0.1) is 0 Å². The molecule has 4 nitrogen and oxygen atoms in total.